The maximum Gasteiger partial charge on any atom is 0.243 e. The standard InChI is InChI=1S/C12H19NO5S2/c1-10-11(9-14)5-4-6-12(10)20(17,18)13(2)7-8-19(3,15)16/h4-6,14H,7-9H2,1-3H3. The fraction of sp³-hybridized carbons (Fsp3) is 0.500. The Morgan fingerprint density at radius 3 is 2.30 bits per heavy atom. The molecule has 1 N–H and O–H groups in total. The highest BCUT2D eigenvalue weighted by Crippen LogP contribution is 2.21. The van der Waals surface area contributed by atoms with Crippen LogP contribution in [0.5, 0.6) is 0 Å². The SMILES string of the molecule is Cc1c(CO)cccc1S(=O)(=O)N(C)CCS(C)(=O)=O. The van der Waals surface area contributed by atoms with Gasteiger partial charge in [0.1, 0.15) is 9.84 Å². The topological polar surface area (TPSA) is 91.8 Å². The first-order valence-corrected chi connectivity index (χ1v) is 9.43. The van der Waals surface area contributed by atoms with Crippen LogP contribution < -0.4 is 0 Å². The predicted molar refractivity (Wildman–Crippen MR) is 76.6 cm³/mol. The molecule has 1 aromatic carbocycles. The van der Waals surface area contributed by atoms with Gasteiger partial charge in [-0.25, -0.2) is 16.8 Å². The molecule has 20 heavy (non-hydrogen) atoms. The summed E-state index contributed by atoms with van der Waals surface area (Å²) < 4.78 is 48.0. The third kappa shape index (κ3) is 4.02. The molecule has 0 heterocycles. The molecular weight excluding hydrogens is 302 g/mol. The van der Waals surface area contributed by atoms with Crippen molar-refractivity contribution in [3.05, 3.63) is 29.3 Å². The number of sulfonamides is 1. The lowest BCUT2D eigenvalue weighted by molar-refractivity contribution is 0.280. The van der Waals surface area contributed by atoms with Crippen molar-refractivity contribution in [2.45, 2.75) is 18.4 Å². The van der Waals surface area contributed by atoms with Gasteiger partial charge >= 0.3 is 0 Å². The highest BCUT2D eigenvalue weighted by molar-refractivity contribution is 7.91. The largest absolute Gasteiger partial charge is 0.392 e. The molecule has 1 rings (SSSR count). The van der Waals surface area contributed by atoms with Crippen LogP contribution in [-0.2, 0) is 26.5 Å². The van der Waals surface area contributed by atoms with E-state index in [0.29, 0.717) is 11.1 Å². The molecule has 6 nitrogen and oxygen atoms in total. The Labute approximate surface area is 120 Å². The number of aliphatic hydroxyl groups is 1. The molecule has 0 unspecified atom stereocenters. The highest BCUT2D eigenvalue weighted by Gasteiger charge is 2.24. The first kappa shape index (κ1) is 17.1. The van der Waals surface area contributed by atoms with E-state index in [1.807, 2.05) is 0 Å². The van der Waals surface area contributed by atoms with Crippen LogP contribution in [0.2, 0.25) is 0 Å². The van der Waals surface area contributed by atoms with E-state index in [1.54, 1.807) is 19.1 Å². The zero-order valence-corrected chi connectivity index (χ0v) is 13.3. The van der Waals surface area contributed by atoms with Gasteiger partial charge < -0.3 is 5.11 Å². The second-order valence-electron chi connectivity index (χ2n) is 4.65. The van der Waals surface area contributed by atoms with Gasteiger partial charge in [-0.2, -0.15) is 4.31 Å². The van der Waals surface area contributed by atoms with Gasteiger partial charge in [0, 0.05) is 19.8 Å². The van der Waals surface area contributed by atoms with E-state index in [9.17, 15) is 16.8 Å². The number of hydrogen-bond acceptors (Lipinski definition) is 5. The summed E-state index contributed by atoms with van der Waals surface area (Å²) in [6.45, 7) is 1.26. The third-order valence-corrected chi connectivity index (χ3v) is 5.96. The van der Waals surface area contributed by atoms with E-state index in [0.717, 1.165) is 10.6 Å². The second-order valence-corrected chi connectivity index (χ2v) is 8.93. The van der Waals surface area contributed by atoms with Gasteiger partial charge in [-0.05, 0) is 24.1 Å². The van der Waals surface area contributed by atoms with Gasteiger partial charge in [0.15, 0.2) is 0 Å². The van der Waals surface area contributed by atoms with E-state index in [-0.39, 0.29) is 23.8 Å². The Hall–Kier alpha value is -0.960. The van der Waals surface area contributed by atoms with E-state index in [2.05, 4.69) is 0 Å². The molecule has 8 heteroatoms. The van der Waals surface area contributed by atoms with Gasteiger partial charge in [0.2, 0.25) is 10.0 Å². The van der Waals surface area contributed by atoms with Crippen LogP contribution in [0.4, 0.5) is 0 Å². The van der Waals surface area contributed by atoms with Crippen LogP contribution in [-0.4, -0.2) is 51.8 Å². The van der Waals surface area contributed by atoms with Crippen LogP contribution in [0.3, 0.4) is 0 Å². The number of sulfone groups is 1. The van der Waals surface area contributed by atoms with Crippen molar-refractivity contribution in [2.75, 3.05) is 25.6 Å². The van der Waals surface area contributed by atoms with Crippen LogP contribution in [0, 0.1) is 6.92 Å². The average Bonchev–Trinajstić information content (AvgIpc) is 2.35. The summed E-state index contributed by atoms with van der Waals surface area (Å²) in [5.41, 5.74) is 1.00. The maximum atomic E-state index is 12.4. The highest BCUT2D eigenvalue weighted by atomic mass is 32.2. The van der Waals surface area contributed by atoms with Gasteiger partial charge in [0.05, 0.1) is 17.3 Å². The fourth-order valence-corrected chi connectivity index (χ4v) is 3.85. The van der Waals surface area contributed by atoms with Crippen LogP contribution >= 0.6 is 0 Å². The van der Waals surface area contributed by atoms with Crippen molar-refractivity contribution in [3.63, 3.8) is 0 Å². The minimum atomic E-state index is -3.77. The molecule has 0 saturated heterocycles. The molecule has 0 saturated carbocycles. The van der Waals surface area contributed by atoms with E-state index >= 15 is 0 Å². The zero-order valence-electron chi connectivity index (χ0n) is 11.7. The van der Waals surface area contributed by atoms with Crippen molar-refractivity contribution in [3.8, 4) is 0 Å². The predicted octanol–water partition coefficient (Wildman–Crippen LogP) is 0.152. The molecule has 0 aliphatic carbocycles. The monoisotopic (exact) mass is 321 g/mol. The number of hydrogen-bond donors (Lipinski definition) is 1. The molecule has 0 aliphatic rings. The normalized spacial score (nSPS) is 12.8. The summed E-state index contributed by atoms with van der Waals surface area (Å²) in [4.78, 5) is 0.0834. The summed E-state index contributed by atoms with van der Waals surface area (Å²) in [5, 5.41) is 9.17. The molecule has 0 amide bonds. The van der Waals surface area contributed by atoms with Gasteiger partial charge in [0.25, 0.3) is 0 Å². The molecule has 0 aromatic heterocycles. The molecule has 0 bridgehead atoms. The number of benzene rings is 1. The van der Waals surface area contributed by atoms with Gasteiger partial charge in [-0.15, -0.1) is 0 Å². The van der Waals surface area contributed by atoms with Crippen molar-refractivity contribution in [2.24, 2.45) is 0 Å². The molecule has 0 radical (unpaired) electrons. The lowest BCUT2D eigenvalue weighted by atomic mass is 10.1. The van der Waals surface area contributed by atoms with Crippen LogP contribution in [0.1, 0.15) is 11.1 Å². The zero-order chi connectivity index (χ0) is 15.6. The summed E-state index contributed by atoms with van der Waals surface area (Å²) in [7, 11) is -5.66. The first-order valence-electron chi connectivity index (χ1n) is 5.93. The Bertz CT molecular complexity index is 680. The summed E-state index contributed by atoms with van der Waals surface area (Å²) in [6, 6.07) is 4.64. The molecular formula is C12H19NO5S2. The minimum Gasteiger partial charge on any atom is -0.392 e. The van der Waals surface area contributed by atoms with Crippen molar-refractivity contribution in [1.29, 1.82) is 0 Å². The molecule has 0 aliphatic heterocycles. The first-order chi connectivity index (χ1) is 9.09. The van der Waals surface area contributed by atoms with Crippen LogP contribution in [0.15, 0.2) is 23.1 Å². The third-order valence-electron chi connectivity index (χ3n) is 3.03. The molecule has 0 atom stereocenters. The summed E-state index contributed by atoms with van der Waals surface area (Å²) in [5.74, 6) is -0.235. The van der Waals surface area contributed by atoms with Crippen molar-refractivity contribution < 1.29 is 21.9 Å². The Balaban J connectivity index is 3.11. The second kappa shape index (κ2) is 6.21. The number of rotatable bonds is 6. The van der Waals surface area contributed by atoms with E-state index in [4.69, 9.17) is 5.11 Å². The fourth-order valence-electron chi connectivity index (χ4n) is 1.69. The maximum absolute atomic E-state index is 12.4. The lowest BCUT2D eigenvalue weighted by Crippen LogP contribution is -2.32. The van der Waals surface area contributed by atoms with E-state index in [1.165, 1.54) is 13.1 Å². The Morgan fingerprint density at radius 1 is 1.20 bits per heavy atom. The average molecular weight is 321 g/mol. The number of aliphatic hydroxyl groups excluding tert-OH is 1. The quantitative estimate of drug-likeness (QED) is 0.805. The smallest absolute Gasteiger partial charge is 0.243 e. The van der Waals surface area contributed by atoms with Crippen molar-refractivity contribution >= 4 is 19.9 Å². The molecule has 1 aromatic rings. The molecule has 0 spiro atoms. The van der Waals surface area contributed by atoms with Gasteiger partial charge in [-0.1, -0.05) is 12.1 Å². The lowest BCUT2D eigenvalue weighted by Gasteiger charge is -2.19. The number of nitrogens with zero attached hydrogens (tertiary/aromatic N) is 1. The molecule has 0 fully saturated rings. The summed E-state index contributed by atoms with van der Waals surface area (Å²) >= 11 is 0. The minimum absolute atomic E-state index is 0.0834. The molecule has 114 valence electrons. The van der Waals surface area contributed by atoms with Crippen molar-refractivity contribution in [1.82, 2.24) is 4.31 Å². The van der Waals surface area contributed by atoms with Gasteiger partial charge in [-0.3, -0.25) is 0 Å². The Kier molecular flexibility index (Phi) is 5.31. The van der Waals surface area contributed by atoms with Crippen LogP contribution in [0.25, 0.3) is 0 Å². The Morgan fingerprint density at radius 2 is 1.80 bits per heavy atom. The van der Waals surface area contributed by atoms with E-state index < -0.39 is 19.9 Å². The summed E-state index contributed by atoms with van der Waals surface area (Å²) in [6.07, 6.45) is 1.06.